The first kappa shape index (κ1) is 19.5. The standard InChI is InChI=1S/C18H28O4Si/c1-18(2,3)23(5,6)22-13-12-15(17(20)21-4)16(19)14-10-8-7-9-11-14/h7-11,19H,12-13H2,1-6H3/b16-15-. The summed E-state index contributed by atoms with van der Waals surface area (Å²) < 4.78 is 10.9. The SMILES string of the molecule is COC(=O)/C(CCO[Si](C)(C)C(C)(C)C)=C(\O)c1ccccc1. The highest BCUT2D eigenvalue weighted by atomic mass is 28.4. The molecule has 0 aliphatic carbocycles. The van der Waals surface area contributed by atoms with E-state index in [1.807, 2.05) is 18.2 Å². The number of aliphatic hydroxyl groups is 1. The van der Waals surface area contributed by atoms with Crippen molar-refractivity contribution in [3.63, 3.8) is 0 Å². The van der Waals surface area contributed by atoms with Gasteiger partial charge in [0, 0.05) is 18.6 Å². The fourth-order valence-corrected chi connectivity index (χ4v) is 2.88. The van der Waals surface area contributed by atoms with Gasteiger partial charge in [-0.25, -0.2) is 4.79 Å². The number of methoxy groups -OCH3 is 1. The van der Waals surface area contributed by atoms with Crippen LogP contribution < -0.4 is 0 Å². The summed E-state index contributed by atoms with van der Waals surface area (Å²) in [5.74, 6) is -0.568. The maximum absolute atomic E-state index is 12.0. The van der Waals surface area contributed by atoms with Gasteiger partial charge in [-0.2, -0.15) is 0 Å². The molecule has 0 atom stereocenters. The highest BCUT2D eigenvalue weighted by Gasteiger charge is 2.37. The van der Waals surface area contributed by atoms with E-state index in [4.69, 9.17) is 9.16 Å². The van der Waals surface area contributed by atoms with Crippen molar-refractivity contribution in [1.82, 2.24) is 0 Å². The number of ether oxygens (including phenoxy) is 1. The predicted octanol–water partition coefficient (Wildman–Crippen LogP) is 4.54. The van der Waals surface area contributed by atoms with Gasteiger partial charge in [0.2, 0.25) is 0 Å². The van der Waals surface area contributed by atoms with Crippen molar-refractivity contribution in [1.29, 1.82) is 0 Å². The van der Waals surface area contributed by atoms with Gasteiger partial charge in [-0.15, -0.1) is 0 Å². The Hall–Kier alpha value is -1.59. The Morgan fingerprint density at radius 1 is 1.17 bits per heavy atom. The van der Waals surface area contributed by atoms with Crippen LogP contribution in [0.2, 0.25) is 18.1 Å². The van der Waals surface area contributed by atoms with Crippen molar-refractivity contribution in [2.45, 2.75) is 45.3 Å². The molecule has 0 saturated carbocycles. The zero-order valence-corrected chi connectivity index (χ0v) is 16.0. The number of hydrogen-bond acceptors (Lipinski definition) is 4. The lowest BCUT2D eigenvalue weighted by Crippen LogP contribution is -2.41. The second-order valence-corrected chi connectivity index (χ2v) is 11.9. The molecule has 0 heterocycles. The molecular formula is C18H28O4Si. The predicted molar refractivity (Wildman–Crippen MR) is 95.8 cm³/mol. The van der Waals surface area contributed by atoms with Crippen LogP contribution in [0.5, 0.6) is 0 Å². The van der Waals surface area contributed by atoms with Gasteiger partial charge in [-0.05, 0) is 18.1 Å². The van der Waals surface area contributed by atoms with E-state index in [9.17, 15) is 9.90 Å². The number of benzene rings is 1. The van der Waals surface area contributed by atoms with E-state index in [1.54, 1.807) is 12.1 Å². The molecule has 0 amide bonds. The molecular weight excluding hydrogens is 308 g/mol. The van der Waals surface area contributed by atoms with Crippen LogP contribution in [0, 0.1) is 0 Å². The van der Waals surface area contributed by atoms with Crippen molar-refractivity contribution < 1.29 is 19.1 Å². The van der Waals surface area contributed by atoms with Gasteiger partial charge >= 0.3 is 5.97 Å². The third kappa shape index (κ3) is 5.22. The first-order chi connectivity index (χ1) is 10.6. The first-order valence-electron chi connectivity index (χ1n) is 7.80. The zero-order chi connectivity index (χ0) is 17.7. The van der Waals surface area contributed by atoms with Crippen molar-refractivity contribution in [2.24, 2.45) is 0 Å². The molecule has 0 radical (unpaired) electrons. The summed E-state index contributed by atoms with van der Waals surface area (Å²) >= 11 is 0. The molecule has 0 fully saturated rings. The number of esters is 1. The number of rotatable bonds is 6. The van der Waals surface area contributed by atoms with Gasteiger partial charge in [-0.3, -0.25) is 0 Å². The molecule has 1 aromatic rings. The Balaban J connectivity index is 2.92. The van der Waals surface area contributed by atoms with Gasteiger partial charge in [0.25, 0.3) is 0 Å². The van der Waals surface area contributed by atoms with E-state index in [1.165, 1.54) is 7.11 Å². The molecule has 0 aromatic heterocycles. The van der Waals surface area contributed by atoms with E-state index >= 15 is 0 Å². The van der Waals surface area contributed by atoms with Crippen molar-refractivity contribution >= 4 is 20.0 Å². The molecule has 0 aliphatic rings. The quantitative estimate of drug-likeness (QED) is 0.358. The van der Waals surface area contributed by atoms with Crippen molar-refractivity contribution in [3.8, 4) is 0 Å². The van der Waals surface area contributed by atoms with Crippen LogP contribution in [-0.2, 0) is 14.0 Å². The van der Waals surface area contributed by atoms with Gasteiger partial charge in [0.05, 0.1) is 12.7 Å². The third-order valence-electron chi connectivity index (χ3n) is 4.39. The minimum Gasteiger partial charge on any atom is -0.507 e. The summed E-state index contributed by atoms with van der Waals surface area (Å²) in [6, 6.07) is 8.99. The summed E-state index contributed by atoms with van der Waals surface area (Å²) in [6.45, 7) is 11.2. The minimum absolute atomic E-state index is 0.0451. The molecule has 1 aromatic carbocycles. The maximum atomic E-state index is 12.0. The Kier molecular flexibility index (Phi) is 6.59. The van der Waals surface area contributed by atoms with Crippen LogP contribution in [0.4, 0.5) is 0 Å². The fraction of sp³-hybridized carbons (Fsp3) is 0.500. The van der Waals surface area contributed by atoms with Gasteiger partial charge in [0.15, 0.2) is 8.32 Å². The second kappa shape index (κ2) is 7.79. The van der Waals surface area contributed by atoms with Crippen LogP contribution >= 0.6 is 0 Å². The average molecular weight is 337 g/mol. The molecule has 5 heteroatoms. The molecule has 23 heavy (non-hydrogen) atoms. The lowest BCUT2D eigenvalue weighted by atomic mass is 10.1. The topological polar surface area (TPSA) is 55.8 Å². The van der Waals surface area contributed by atoms with E-state index in [0.29, 0.717) is 18.6 Å². The first-order valence-corrected chi connectivity index (χ1v) is 10.7. The molecule has 1 rings (SSSR count). The largest absolute Gasteiger partial charge is 0.507 e. The summed E-state index contributed by atoms with van der Waals surface area (Å²) in [5, 5.41) is 10.5. The van der Waals surface area contributed by atoms with Crippen LogP contribution in [0.3, 0.4) is 0 Å². The molecule has 0 spiro atoms. The fourth-order valence-electron chi connectivity index (χ4n) is 1.84. The van der Waals surface area contributed by atoms with E-state index in [0.717, 1.165) is 0 Å². The lowest BCUT2D eigenvalue weighted by Gasteiger charge is -2.36. The third-order valence-corrected chi connectivity index (χ3v) is 8.92. The lowest BCUT2D eigenvalue weighted by molar-refractivity contribution is -0.136. The van der Waals surface area contributed by atoms with Gasteiger partial charge in [0.1, 0.15) is 5.76 Å². The molecule has 128 valence electrons. The molecule has 4 nitrogen and oxygen atoms in total. The van der Waals surface area contributed by atoms with Crippen LogP contribution in [-0.4, -0.2) is 33.1 Å². The van der Waals surface area contributed by atoms with Crippen molar-refractivity contribution in [3.05, 3.63) is 41.5 Å². The van der Waals surface area contributed by atoms with Gasteiger partial charge < -0.3 is 14.3 Å². The highest BCUT2D eigenvalue weighted by molar-refractivity contribution is 6.74. The molecule has 0 saturated heterocycles. The summed E-state index contributed by atoms with van der Waals surface area (Å²) in [4.78, 5) is 12.0. The number of carbonyl (C=O) groups is 1. The van der Waals surface area contributed by atoms with Crippen LogP contribution in [0.15, 0.2) is 35.9 Å². The average Bonchev–Trinajstić information content (AvgIpc) is 2.50. The molecule has 0 unspecified atom stereocenters. The number of carbonyl (C=O) groups excluding carboxylic acids is 1. The monoisotopic (exact) mass is 336 g/mol. The Bertz CT molecular complexity index is 556. The smallest absolute Gasteiger partial charge is 0.337 e. The van der Waals surface area contributed by atoms with E-state index in [-0.39, 0.29) is 16.4 Å². The van der Waals surface area contributed by atoms with Gasteiger partial charge in [-0.1, -0.05) is 51.1 Å². The second-order valence-electron chi connectivity index (χ2n) is 7.04. The van der Waals surface area contributed by atoms with Crippen LogP contribution in [0.25, 0.3) is 5.76 Å². The van der Waals surface area contributed by atoms with Crippen LogP contribution in [0.1, 0.15) is 32.8 Å². The highest BCUT2D eigenvalue weighted by Crippen LogP contribution is 2.36. The zero-order valence-electron chi connectivity index (χ0n) is 15.0. The Morgan fingerprint density at radius 3 is 2.22 bits per heavy atom. The van der Waals surface area contributed by atoms with E-state index < -0.39 is 14.3 Å². The number of hydrogen-bond donors (Lipinski definition) is 1. The summed E-state index contributed by atoms with van der Waals surface area (Å²) in [7, 11) is -0.572. The maximum Gasteiger partial charge on any atom is 0.337 e. The van der Waals surface area contributed by atoms with Crippen molar-refractivity contribution in [2.75, 3.05) is 13.7 Å². The minimum atomic E-state index is -1.89. The summed E-state index contributed by atoms with van der Waals surface area (Å²) in [5.41, 5.74) is 0.845. The summed E-state index contributed by atoms with van der Waals surface area (Å²) in [6.07, 6.45) is 0.319. The number of aliphatic hydroxyl groups excluding tert-OH is 1. The Morgan fingerprint density at radius 2 is 1.74 bits per heavy atom. The molecule has 0 bridgehead atoms. The molecule has 1 N–H and O–H groups in total. The molecule has 0 aliphatic heterocycles. The normalized spacial score (nSPS) is 13.5. The Labute approximate surface area is 140 Å². The van der Waals surface area contributed by atoms with E-state index in [2.05, 4.69) is 33.9 Å².